The number of pyridine rings is 1. The van der Waals surface area contributed by atoms with Gasteiger partial charge in [-0.05, 0) is 44.2 Å². The highest BCUT2D eigenvalue weighted by atomic mass is 32.3. The van der Waals surface area contributed by atoms with Crippen LogP contribution in [0.2, 0.25) is 0 Å². The molecule has 2 aromatic heterocycles. The van der Waals surface area contributed by atoms with E-state index in [0.717, 1.165) is 35.8 Å². The number of hydrogen-bond donors (Lipinski definition) is 7. The summed E-state index contributed by atoms with van der Waals surface area (Å²) >= 11 is 0.728. The summed E-state index contributed by atoms with van der Waals surface area (Å²) in [7, 11) is -5.02. The Morgan fingerprint density at radius 1 is 1.27 bits per heavy atom. The fourth-order valence-corrected chi connectivity index (χ4v) is 5.17. The van der Waals surface area contributed by atoms with E-state index >= 15 is 0 Å². The maximum absolute atomic E-state index is 13.2. The smallest absolute Gasteiger partial charge is 0.418 e. The number of aliphatic hydroxyl groups is 2. The SMILES string of the molecule is CC1(C)[C@H](NC(=O)/C(=N\OC(COc2ccc3nc(NC4CNC4)ccc3c2)C(O)O)c2nsc(N)n2)C(=O)N1OS(=O)(=O)O. The summed E-state index contributed by atoms with van der Waals surface area (Å²) in [5.74, 6) is -1.25. The molecule has 1 aromatic carbocycles. The third-order valence-corrected chi connectivity index (χ3v) is 7.69. The average Bonchev–Trinajstić information content (AvgIpc) is 3.38. The van der Waals surface area contributed by atoms with Crippen LogP contribution in [-0.4, -0.2) is 110 Å². The minimum absolute atomic E-state index is 0.0332. The molecule has 3 aromatic rings. The molecule has 4 heterocycles. The Bertz CT molecular complexity index is 1730. The summed E-state index contributed by atoms with van der Waals surface area (Å²) in [4.78, 5) is 39.4. The lowest BCUT2D eigenvalue weighted by molar-refractivity contribution is -0.218. The van der Waals surface area contributed by atoms with Crippen molar-refractivity contribution in [2.45, 2.75) is 43.9 Å². The van der Waals surface area contributed by atoms with Gasteiger partial charge in [0.15, 0.2) is 11.4 Å². The number of oxime groups is 1. The van der Waals surface area contributed by atoms with E-state index in [1.807, 2.05) is 12.1 Å². The van der Waals surface area contributed by atoms with Crippen LogP contribution in [0.5, 0.6) is 5.75 Å². The van der Waals surface area contributed by atoms with Gasteiger partial charge in [-0.15, -0.1) is 4.28 Å². The number of hydrogen-bond acceptors (Lipinski definition) is 17. The molecular weight excluding hydrogens is 638 g/mol. The van der Waals surface area contributed by atoms with Gasteiger partial charge >= 0.3 is 10.4 Å². The summed E-state index contributed by atoms with van der Waals surface area (Å²) in [5, 5.41) is 33.5. The lowest BCUT2D eigenvalue weighted by Gasteiger charge is -2.50. The van der Waals surface area contributed by atoms with E-state index in [4.69, 9.17) is 19.9 Å². The van der Waals surface area contributed by atoms with Crippen molar-refractivity contribution in [3.05, 3.63) is 36.2 Å². The van der Waals surface area contributed by atoms with E-state index in [1.54, 1.807) is 18.2 Å². The molecule has 2 saturated heterocycles. The number of nitrogen functional groups attached to an aromatic ring is 1. The Labute approximate surface area is 259 Å². The molecule has 21 heteroatoms. The van der Waals surface area contributed by atoms with Gasteiger partial charge in [-0.3, -0.25) is 14.1 Å². The molecule has 0 radical (unpaired) electrons. The molecule has 5 rings (SSSR count). The van der Waals surface area contributed by atoms with Crippen molar-refractivity contribution in [1.82, 2.24) is 30.0 Å². The lowest BCUT2D eigenvalue weighted by Crippen LogP contribution is -2.76. The van der Waals surface area contributed by atoms with Crippen molar-refractivity contribution >= 4 is 61.3 Å². The number of β-lactam (4-membered cyclic amide) rings is 1. The Morgan fingerprint density at radius 2 is 2.02 bits per heavy atom. The molecule has 19 nitrogen and oxygen atoms in total. The molecule has 0 saturated carbocycles. The first-order valence-corrected chi connectivity index (χ1v) is 15.4. The largest absolute Gasteiger partial charge is 0.489 e. The summed E-state index contributed by atoms with van der Waals surface area (Å²) < 4.78 is 45.0. The van der Waals surface area contributed by atoms with E-state index in [2.05, 4.69) is 39.7 Å². The zero-order chi connectivity index (χ0) is 32.5. The maximum Gasteiger partial charge on any atom is 0.418 e. The molecule has 8 N–H and O–H groups in total. The number of nitrogens with two attached hydrogens (primary N) is 1. The number of ether oxygens (including phenoxy) is 1. The van der Waals surface area contributed by atoms with Gasteiger partial charge < -0.3 is 41.5 Å². The first-order chi connectivity index (χ1) is 21.2. The molecule has 0 bridgehead atoms. The van der Waals surface area contributed by atoms with Crippen LogP contribution in [0.4, 0.5) is 10.9 Å². The standard InChI is InChI=1S/C24H29N9O10S2/c1-24(2)18(21(35)33(24)43-45(38,39)40)29-20(34)17(19-30-23(25)44-32-19)31-42-15(22(36)37)10-41-13-4-5-14-11(7-13)3-6-16(28-14)27-12-8-26-9-12/h3-7,12,15,18,22,26,36-37H,8-10H2,1-2H3,(H,27,28)(H,29,34)(H2,25,30,32)(H,38,39,40)/b31-17-/t15?,18-/m1/s1. The van der Waals surface area contributed by atoms with Crippen LogP contribution in [0.1, 0.15) is 19.7 Å². The number of anilines is 2. The third-order valence-electron chi connectivity index (χ3n) is 6.81. The summed E-state index contributed by atoms with van der Waals surface area (Å²) in [6, 6.07) is 7.77. The lowest BCUT2D eigenvalue weighted by atomic mass is 9.84. The molecule has 2 amide bonds. The highest BCUT2D eigenvalue weighted by molar-refractivity contribution is 7.80. The zero-order valence-electron chi connectivity index (χ0n) is 23.6. The van der Waals surface area contributed by atoms with Gasteiger partial charge in [0.2, 0.25) is 17.6 Å². The van der Waals surface area contributed by atoms with Crippen LogP contribution in [0.3, 0.4) is 0 Å². The van der Waals surface area contributed by atoms with E-state index in [9.17, 15) is 28.2 Å². The topological polar surface area (TPSA) is 273 Å². The van der Waals surface area contributed by atoms with Gasteiger partial charge in [0, 0.05) is 30.0 Å². The minimum atomic E-state index is -5.02. The molecule has 242 valence electrons. The number of carbonyl (C=O) groups excluding carboxylic acids is 2. The van der Waals surface area contributed by atoms with Crippen LogP contribution in [0.15, 0.2) is 35.5 Å². The van der Waals surface area contributed by atoms with E-state index in [0.29, 0.717) is 22.4 Å². The van der Waals surface area contributed by atoms with Crippen molar-refractivity contribution in [2.75, 3.05) is 30.7 Å². The number of aromatic nitrogens is 3. The Kier molecular flexibility index (Phi) is 9.02. The summed E-state index contributed by atoms with van der Waals surface area (Å²) in [6.07, 6.45) is -3.62. The predicted molar refractivity (Wildman–Crippen MR) is 157 cm³/mol. The number of nitrogens with zero attached hydrogens (tertiary/aromatic N) is 5. The Morgan fingerprint density at radius 3 is 2.62 bits per heavy atom. The summed E-state index contributed by atoms with van der Waals surface area (Å²) in [6.45, 7) is 4.02. The van der Waals surface area contributed by atoms with Gasteiger partial charge in [-0.1, -0.05) is 5.16 Å². The number of amides is 2. The highest BCUT2D eigenvalue weighted by Gasteiger charge is 2.58. The molecule has 2 fully saturated rings. The van der Waals surface area contributed by atoms with Crippen LogP contribution in [-0.2, 0) is 29.1 Å². The zero-order valence-corrected chi connectivity index (χ0v) is 25.3. The average molecular weight is 668 g/mol. The summed E-state index contributed by atoms with van der Waals surface area (Å²) in [5.41, 5.74) is 4.33. The van der Waals surface area contributed by atoms with Crippen molar-refractivity contribution in [2.24, 2.45) is 5.16 Å². The fraction of sp³-hybridized carbons (Fsp3) is 0.417. The van der Waals surface area contributed by atoms with Crippen LogP contribution >= 0.6 is 11.5 Å². The molecular formula is C24H29N9O10S2. The minimum Gasteiger partial charge on any atom is -0.489 e. The number of fused-ring (bicyclic) bond motifs is 1. The number of nitrogens with one attached hydrogen (secondary N) is 3. The number of rotatable bonds is 13. The van der Waals surface area contributed by atoms with Crippen LogP contribution in [0.25, 0.3) is 10.9 Å². The number of carbonyl (C=O) groups is 2. The first-order valence-electron chi connectivity index (χ1n) is 13.2. The molecule has 2 atom stereocenters. The molecule has 2 aliphatic rings. The second-order valence-electron chi connectivity index (χ2n) is 10.5. The molecule has 45 heavy (non-hydrogen) atoms. The van der Waals surface area contributed by atoms with Crippen molar-refractivity contribution in [1.29, 1.82) is 0 Å². The van der Waals surface area contributed by atoms with Crippen molar-refractivity contribution in [3.8, 4) is 5.75 Å². The van der Waals surface area contributed by atoms with E-state index in [1.165, 1.54) is 13.8 Å². The predicted octanol–water partition coefficient (Wildman–Crippen LogP) is -1.63. The number of aliphatic hydroxyl groups excluding tert-OH is 1. The van der Waals surface area contributed by atoms with Gasteiger partial charge in [0.25, 0.3) is 11.8 Å². The second-order valence-corrected chi connectivity index (χ2v) is 12.3. The first kappa shape index (κ1) is 32.2. The van der Waals surface area contributed by atoms with Crippen LogP contribution in [0, 0.1) is 0 Å². The van der Waals surface area contributed by atoms with Crippen LogP contribution < -0.4 is 26.4 Å². The number of benzene rings is 1. The normalized spacial score (nSPS) is 19.2. The van der Waals surface area contributed by atoms with Crippen molar-refractivity contribution in [3.63, 3.8) is 0 Å². The fourth-order valence-electron chi connectivity index (χ4n) is 4.28. The highest BCUT2D eigenvalue weighted by Crippen LogP contribution is 2.33. The van der Waals surface area contributed by atoms with E-state index in [-0.39, 0.29) is 11.0 Å². The van der Waals surface area contributed by atoms with Gasteiger partial charge in [-0.2, -0.15) is 22.8 Å². The van der Waals surface area contributed by atoms with Gasteiger partial charge in [0.05, 0.1) is 17.1 Å². The molecule has 0 aliphatic carbocycles. The van der Waals surface area contributed by atoms with Crippen molar-refractivity contribution < 1.29 is 46.6 Å². The monoisotopic (exact) mass is 667 g/mol. The number of hydroxylamine groups is 2. The van der Waals surface area contributed by atoms with E-state index < -0.39 is 58.5 Å². The van der Waals surface area contributed by atoms with Gasteiger partial charge in [-0.25, -0.2) is 4.98 Å². The van der Waals surface area contributed by atoms with Gasteiger partial charge in [0.1, 0.15) is 24.2 Å². The maximum atomic E-state index is 13.2. The molecule has 2 aliphatic heterocycles. The Balaban J connectivity index is 1.27. The second kappa shape index (κ2) is 12.6. The Hall–Kier alpha value is -4.25. The molecule has 0 spiro atoms. The molecule has 1 unspecified atom stereocenters. The third kappa shape index (κ3) is 7.36. The quantitative estimate of drug-likeness (QED) is 0.0354.